The first-order chi connectivity index (χ1) is 12.4. The number of rotatable bonds is 4. The molecular formula is C20H31N3O4. The van der Waals surface area contributed by atoms with Gasteiger partial charge in [-0.05, 0) is 54.9 Å². The maximum atomic E-state index is 12.9. The first kappa shape index (κ1) is 20.9. The summed E-state index contributed by atoms with van der Waals surface area (Å²) in [6.45, 7) is 18.3. The van der Waals surface area contributed by atoms with Gasteiger partial charge in [0.2, 0.25) is 11.8 Å². The minimum absolute atomic E-state index is 0.140. The Hall–Kier alpha value is -2.40. The van der Waals surface area contributed by atoms with Gasteiger partial charge in [0.15, 0.2) is 0 Å². The fourth-order valence-electron chi connectivity index (χ4n) is 2.83. The van der Waals surface area contributed by atoms with E-state index in [9.17, 15) is 4.79 Å². The van der Waals surface area contributed by atoms with E-state index in [1.807, 2.05) is 53.4 Å². The lowest BCUT2D eigenvalue weighted by Gasteiger charge is -2.31. The second kappa shape index (κ2) is 7.69. The second-order valence-corrected chi connectivity index (χ2v) is 8.74. The van der Waals surface area contributed by atoms with Gasteiger partial charge in [-0.15, -0.1) is 0 Å². The Kier molecular flexibility index (Phi) is 5.95. The molecule has 0 N–H and O–H groups in total. The molecule has 0 bridgehead atoms. The van der Waals surface area contributed by atoms with Crippen molar-refractivity contribution in [3.8, 4) is 0 Å². The maximum absolute atomic E-state index is 12.9. The fourth-order valence-corrected chi connectivity index (χ4v) is 2.83. The van der Waals surface area contributed by atoms with E-state index in [-0.39, 0.29) is 11.6 Å². The lowest BCUT2D eigenvalue weighted by atomic mass is 10.2. The quantitative estimate of drug-likeness (QED) is 0.577. The molecule has 2 heterocycles. The van der Waals surface area contributed by atoms with E-state index < -0.39 is 11.7 Å². The summed E-state index contributed by atoms with van der Waals surface area (Å²) >= 11 is 0. The summed E-state index contributed by atoms with van der Waals surface area (Å²) in [5.41, 5.74) is 2.61. The van der Waals surface area contributed by atoms with Crippen molar-refractivity contribution < 1.29 is 18.8 Å². The molecule has 1 amide bonds. The molecule has 27 heavy (non-hydrogen) atoms. The molecule has 7 heteroatoms. The van der Waals surface area contributed by atoms with Gasteiger partial charge in [0.05, 0.1) is 11.7 Å². The lowest BCUT2D eigenvalue weighted by Crippen LogP contribution is -2.45. The average molecular weight is 377 g/mol. The Morgan fingerprint density at radius 3 is 2.41 bits per heavy atom. The van der Waals surface area contributed by atoms with E-state index in [0.717, 1.165) is 6.42 Å². The standard InChI is InChI=1S/C20H31N3O4/c1-9-16(25-19(3,4)5)22-11-10-15(13-22)23(17-12-14(2)21-27-17)18(24)26-20(6,7)8/h12,15H,1,10-11,13H2,2-8H3/t15-/m1/s1. The minimum atomic E-state index is -0.607. The summed E-state index contributed by atoms with van der Waals surface area (Å²) in [4.78, 5) is 16.4. The van der Waals surface area contributed by atoms with Crippen molar-refractivity contribution >= 4 is 12.0 Å². The molecule has 1 saturated heterocycles. The van der Waals surface area contributed by atoms with E-state index >= 15 is 0 Å². The number of carbonyl (C=O) groups is 1. The zero-order chi connectivity index (χ0) is 20.4. The molecular weight excluding hydrogens is 346 g/mol. The number of nitrogens with zero attached hydrogens (tertiary/aromatic N) is 3. The van der Waals surface area contributed by atoms with Crippen LogP contribution in [0.1, 0.15) is 53.7 Å². The average Bonchev–Trinajstić information content (AvgIpc) is 3.12. The number of aryl methyl sites for hydroxylation is 1. The van der Waals surface area contributed by atoms with Gasteiger partial charge in [-0.1, -0.05) is 17.5 Å². The molecule has 1 aliphatic rings. The number of ether oxygens (including phenoxy) is 2. The third kappa shape index (κ3) is 5.79. The molecule has 0 saturated carbocycles. The van der Waals surface area contributed by atoms with Crippen LogP contribution in [-0.2, 0) is 9.47 Å². The van der Waals surface area contributed by atoms with Crippen molar-refractivity contribution in [2.24, 2.45) is 0 Å². The predicted octanol–water partition coefficient (Wildman–Crippen LogP) is 4.24. The highest BCUT2D eigenvalue weighted by Gasteiger charge is 2.38. The number of likely N-dealkylation sites (tertiary alicyclic amines) is 1. The van der Waals surface area contributed by atoms with Crippen molar-refractivity contribution in [2.45, 2.75) is 72.1 Å². The molecule has 150 valence electrons. The molecule has 2 rings (SSSR count). The van der Waals surface area contributed by atoms with E-state index in [0.29, 0.717) is 30.6 Å². The summed E-state index contributed by atoms with van der Waals surface area (Å²) in [6.07, 6.45) is 0.281. The highest BCUT2D eigenvalue weighted by atomic mass is 16.6. The SMILES string of the molecule is C=C=C(OC(C)(C)C)N1CC[C@@H](N(C(=O)OC(C)(C)C)c2cc(C)no2)C1. The van der Waals surface area contributed by atoms with Crippen molar-refractivity contribution in [2.75, 3.05) is 18.0 Å². The Labute approximate surface area is 161 Å². The van der Waals surface area contributed by atoms with Crippen molar-refractivity contribution in [3.63, 3.8) is 0 Å². The van der Waals surface area contributed by atoms with Crippen molar-refractivity contribution in [3.05, 3.63) is 30.0 Å². The number of carbonyl (C=O) groups excluding carboxylic acids is 1. The number of amides is 1. The van der Waals surface area contributed by atoms with E-state index in [1.165, 1.54) is 0 Å². The van der Waals surface area contributed by atoms with Gasteiger partial charge in [-0.25, -0.2) is 9.69 Å². The number of hydrogen-bond donors (Lipinski definition) is 0. The van der Waals surface area contributed by atoms with Gasteiger partial charge < -0.3 is 18.9 Å². The van der Waals surface area contributed by atoms with Crippen LogP contribution in [0, 0.1) is 6.92 Å². The van der Waals surface area contributed by atoms with E-state index in [1.54, 1.807) is 11.0 Å². The van der Waals surface area contributed by atoms with Gasteiger partial charge in [0, 0.05) is 19.2 Å². The lowest BCUT2D eigenvalue weighted by molar-refractivity contribution is 0.00778. The zero-order valence-electron chi connectivity index (χ0n) is 17.5. The first-order valence-electron chi connectivity index (χ1n) is 9.19. The molecule has 1 aromatic rings. The number of anilines is 1. The van der Waals surface area contributed by atoms with E-state index in [4.69, 9.17) is 14.0 Å². The van der Waals surface area contributed by atoms with Crippen LogP contribution in [0.2, 0.25) is 0 Å². The predicted molar refractivity (Wildman–Crippen MR) is 103 cm³/mol. The topological polar surface area (TPSA) is 68.0 Å². The van der Waals surface area contributed by atoms with Gasteiger partial charge in [-0.3, -0.25) is 0 Å². The van der Waals surface area contributed by atoms with Crippen LogP contribution in [0.3, 0.4) is 0 Å². The summed E-state index contributed by atoms with van der Waals surface area (Å²) in [5.74, 6) is 0.970. The number of hydrogen-bond acceptors (Lipinski definition) is 6. The zero-order valence-corrected chi connectivity index (χ0v) is 17.5. The highest BCUT2D eigenvalue weighted by molar-refractivity contribution is 5.87. The Bertz CT molecular complexity index is 720. The van der Waals surface area contributed by atoms with Crippen LogP contribution in [0.4, 0.5) is 10.7 Å². The summed E-state index contributed by atoms with van der Waals surface area (Å²) in [7, 11) is 0. The van der Waals surface area contributed by atoms with Crippen molar-refractivity contribution in [1.82, 2.24) is 10.1 Å². The second-order valence-electron chi connectivity index (χ2n) is 8.74. The van der Waals surface area contributed by atoms with Gasteiger partial charge in [0.25, 0.3) is 0 Å². The summed E-state index contributed by atoms with van der Waals surface area (Å²) < 4.78 is 16.9. The third-order valence-corrected chi connectivity index (χ3v) is 3.81. The van der Waals surface area contributed by atoms with Crippen LogP contribution < -0.4 is 4.90 Å². The monoisotopic (exact) mass is 377 g/mol. The summed E-state index contributed by atoms with van der Waals surface area (Å²) in [5, 5.41) is 3.92. The van der Waals surface area contributed by atoms with Gasteiger partial charge in [-0.2, -0.15) is 0 Å². The van der Waals surface area contributed by atoms with Crippen molar-refractivity contribution in [1.29, 1.82) is 0 Å². The Balaban J connectivity index is 2.22. The third-order valence-electron chi connectivity index (χ3n) is 3.81. The van der Waals surface area contributed by atoms with Gasteiger partial charge in [0.1, 0.15) is 11.2 Å². The minimum Gasteiger partial charge on any atom is -0.468 e. The molecule has 1 fully saturated rings. The van der Waals surface area contributed by atoms with Crippen LogP contribution in [0.25, 0.3) is 0 Å². The molecule has 0 unspecified atom stereocenters. The normalized spacial score (nSPS) is 17.4. The van der Waals surface area contributed by atoms with Crippen LogP contribution >= 0.6 is 0 Å². The molecule has 0 aliphatic carbocycles. The largest absolute Gasteiger partial charge is 0.468 e. The molecule has 7 nitrogen and oxygen atoms in total. The Morgan fingerprint density at radius 2 is 1.93 bits per heavy atom. The number of aromatic nitrogens is 1. The molecule has 0 aromatic carbocycles. The first-order valence-corrected chi connectivity index (χ1v) is 9.19. The van der Waals surface area contributed by atoms with Crippen LogP contribution in [0.15, 0.2) is 28.8 Å². The highest BCUT2D eigenvalue weighted by Crippen LogP contribution is 2.29. The van der Waals surface area contributed by atoms with Crippen LogP contribution in [0.5, 0.6) is 0 Å². The molecule has 1 aliphatic heterocycles. The Morgan fingerprint density at radius 1 is 1.30 bits per heavy atom. The molecule has 1 atom stereocenters. The summed E-state index contributed by atoms with van der Waals surface area (Å²) in [6, 6.07) is 1.60. The van der Waals surface area contributed by atoms with E-state index in [2.05, 4.69) is 17.5 Å². The molecule has 0 radical (unpaired) electrons. The maximum Gasteiger partial charge on any atom is 0.417 e. The molecule has 1 aromatic heterocycles. The molecule has 0 spiro atoms. The van der Waals surface area contributed by atoms with Gasteiger partial charge >= 0.3 is 6.09 Å². The van der Waals surface area contributed by atoms with Crippen LogP contribution in [-0.4, -0.2) is 46.5 Å². The smallest absolute Gasteiger partial charge is 0.417 e. The fraction of sp³-hybridized carbons (Fsp3) is 0.650.